The van der Waals surface area contributed by atoms with Crippen LogP contribution < -0.4 is 0 Å². The first kappa shape index (κ1) is 11.6. The van der Waals surface area contributed by atoms with Crippen LogP contribution in [-0.4, -0.2) is 0 Å². The van der Waals surface area contributed by atoms with E-state index in [-0.39, 0.29) is 5.38 Å². The molecule has 0 N–H and O–H groups in total. The van der Waals surface area contributed by atoms with Crippen molar-refractivity contribution in [2.45, 2.75) is 44.9 Å². The number of benzene rings is 1. The Morgan fingerprint density at radius 3 is 2.41 bits per heavy atom. The predicted octanol–water partition coefficient (Wildman–Crippen LogP) is 5.02. The molecule has 0 radical (unpaired) electrons. The molecule has 2 aliphatic carbocycles. The van der Waals surface area contributed by atoms with Gasteiger partial charge >= 0.3 is 0 Å². The molecule has 1 aromatic rings. The maximum absolute atomic E-state index is 6.76. The van der Waals surface area contributed by atoms with Gasteiger partial charge in [-0.25, -0.2) is 0 Å². The van der Waals surface area contributed by atoms with Crippen LogP contribution in [-0.2, 0) is 0 Å². The van der Waals surface area contributed by atoms with Crippen molar-refractivity contribution in [2.24, 2.45) is 17.8 Å². The molecular weight excluding hydrogens is 228 g/mol. The van der Waals surface area contributed by atoms with E-state index in [0.29, 0.717) is 0 Å². The zero-order valence-corrected chi connectivity index (χ0v) is 11.5. The molecule has 0 heterocycles. The monoisotopic (exact) mass is 248 g/mol. The van der Waals surface area contributed by atoms with E-state index < -0.39 is 0 Å². The highest BCUT2D eigenvalue weighted by molar-refractivity contribution is 6.21. The van der Waals surface area contributed by atoms with Crippen LogP contribution in [0, 0.1) is 31.6 Å². The third kappa shape index (κ3) is 2.01. The zero-order valence-electron chi connectivity index (χ0n) is 10.7. The number of aryl methyl sites for hydroxylation is 2. The van der Waals surface area contributed by atoms with Gasteiger partial charge in [-0.05, 0) is 55.6 Å². The maximum Gasteiger partial charge on any atom is 0.0621 e. The highest BCUT2D eigenvalue weighted by Gasteiger charge is 2.54. The predicted molar refractivity (Wildman–Crippen MR) is 73.4 cm³/mol. The summed E-state index contributed by atoms with van der Waals surface area (Å²) in [5.74, 6) is 2.64. The van der Waals surface area contributed by atoms with Crippen LogP contribution in [0.4, 0.5) is 0 Å². The Morgan fingerprint density at radius 1 is 1.12 bits per heavy atom. The van der Waals surface area contributed by atoms with Gasteiger partial charge in [-0.15, -0.1) is 11.6 Å². The molecule has 0 spiro atoms. The Bertz CT molecular complexity index is 412. The number of halogens is 1. The standard InChI is InChI=1S/C16H21Cl/c1-10-7-8-11(2)14(9-10)16(17)15-12-5-3-4-6-13(12)15/h7-9,12-13,15-16H,3-6H2,1-2H3. The van der Waals surface area contributed by atoms with Crippen LogP contribution in [0.3, 0.4) is 0 Å². The SMILES string of the molecule is Cc1ccc(C)c(C(Cl)C2C3CCCCC32)c1. The van der Waals surface area contributed by atoms with Crippen LogP contribution >= 0.6 is 11.6 Å². The second kappa shape index (κ2) is 4.31. The van der Waals surface area contributed by atoms with E-state index in [1.165, 1.54) is 42.4 Å². The molecule has 0 aromatic heterocycles. The van der Waals surface area contributed by atoms with Crippen molar-refractivity contribution in [3.05, 3.63) is 34.9 Å². The van der Waals surface area contributed by atoms with Gasteiger partial charge in [-0.3, -0.25) is 0 Å². The molecule has 0 amide bonds. The first-order chi connectivity index (χ1) is 8.18. The van der Waals surface area contributed by atoms with E-state index in [9.17, 15) is 0 Å². The smallest absolute Gasteiger partial charge is 0.0621 e. The lowest BCUT2D eigenvalue weighted by Crippen LogP contribution is -1.99. The van der Waals surface area contributed by atoms with Crippen molar-refractivity contribution in [3.8, 4) is 0 Å². The molecule has 3 unspecified atom stereocenters. The first-order valence-electron chi connectivity index (χ1n) is 6.89. The second-order valence-electron chi connectivity index (χ2n) is 5.95. The minimum atomic E-state index is 0.253. The summed E-state index contributed by atoms with van der Waals surface area (Å²) < 4.78 is 0. The average molecular weight is 249 g/mol. The van der Waals surface area contributed by atoms with Gasteiger partial charge in [0.25, 0.3) is 0 Å². The molecule has 0 nitrogen and oxygen atoms in total. The quantitative estimate of drug-likeness (QED) is 0.645. The first-order valence-corrected chi connectivity index (χ1v) is 7.33. The van der Waals surface area contributed by atoms with Gasteiger partial charge in [0.15, 0.2) is 0 Å². The topological polar surface area (TPSA) is 0 Å². The molecule has 0 aliphatic heterocycles. The largest absolute Gasteiger partial charge is 0.117 e. The maximum atomic E-state index is 6.76. The lowest BCUT2D eigenvalue weighted by atomic mass is 9.99. The summed E-state index contributed by atoms with van der Waals surface area (Å²) in [6.45, 7) is 4.35. The summed E-state index contributed by atoms with van der Waals surface area (Å²) in [7, 11) is 0. The molecule has 3 rings (SSSR count). The minimum Gasteiger partial charge on any atom is -0.117 e. The van der Waals surface area contributed by atoms with Crippen molar-refractivity contribution in [1.29, 1.82) is 0 Å². The number of hydrogen-bond acceptors (Lipinski definition) is 0. The summed E-state index contributed by atoms with van der Waals surface area (Å²) in [5.41, 5.74) is 4.07. The normalized spacial score (nSPS) is 33.0. The third-order valence-corrected chi connectivity index (χ3v) is 5.32. The van der Waals surface area contributed by atoms with Gasteiger partial charge < -0.3 is 0 Å². The Morgan fingerprint density at radius 2 is 1.76 bits per heavy atom. The fourth-order valence-corrected chi connectivity index (χ4v) is 4.35. The fraction of sp³-hybridized carbons (Fsp3) is 0.625. The number of fused-ring (bicyclic) bond motifs is 1. The van der Waals surface area contributed by atoms with Crippen molar-refractivity contribution < 1.29 is 0 Å². The van der Waals surface area contributed by atoms with Gasteiger partial charge in [0.2, 0.25) is 0 Å². The van der Waals surface area contributed by atoms with Crippen LogP contribution in [0.2, 0.25) is 0 Å². The molecular formula is C16H21Cl. The lowest BCUT2D eigenvalue weighted by Gasteiger charge is -2.13. The molecule has 1 aromatic carbocycles. The highest BCUT2D eigenvalue weighted by Crippen LogP contribution is 2.62. The zero-order chi connectivity index (χ0) is 12.0. The molecule has 0 bridgehead atoms. The fourth-order valence-electron chi connectivity index (χ4n) is 3.75. The summed E-state index contributed by atoms with van der Waals surface area (Å²) >= 11 is 6.76. The van der Waals surface area contributed by atoms with Gasteiger partial charge in [-0.1, -0.05) is 36.6 Å². The molecule has 92 valence electrons. The average Bonchev–Trinajstić information content (AvgIpc) is 3.05. The molecule has 3 atom stereocenters. The van der Waals surface area contributed by atoms with E-state index in [2.05, 4.69) is 32.0 Å². The van der Waals surface area contributed by atoms with Crippen LogP contribution in [0.15, 0.2) is 18.2 Å². The minimum absolute atomic E-state index is 0.253. The van der Waals surface area contributed by atoms with Crippen LogP contribution in [0.5, 0.6) is 0 Å². The third-order valence-electron chi connectivity index (χ3n) is 4.79. The lowest BCUT2D eigenvalue weighted by molar-refractivity contribution is 0.480. The Balaban J connectivity index is 1.82. The molecule has 1 heteroatoms. The van der Waals surface area contributed by atoms with Crippen molar-refractivity contribution in [1.82, 2.24) is 0 Å². The molecule has 2 fully saturated rings. The van der Waals surface area contributed by atoms with E-state index >= 15 is 0 Å². The van der Waals surface area contributed by atoms with Crippen molar-refractivity contribution >= 4 is 11.6 Å². The number of hydrogen-bond donors (Lipinski definition) is 0. The van der Waals surface area contributed by atoms with E-state index in [4.69, 9.17) is 11.6 Å². The van der Waals surface area contributed by atoms with Gasteiger partial charge in [-0.2, -0.15) is 0 Å². The van der Waals surface area contributed by atoms with E-state index in [1.54, 1.807) is 0 Å². The summed E-state index contributed by atoms with van der Waals surface area (Å²) in [6.07, 6.45) is 5.69. The molecule has 0 saturated heterocycles. The summed E-state index contributed by atoms with van der Waals surface area (Å²) in [5, 5.41) is 0.253. The van der Waals surface area contributed by atoms with Gasteiger partial charge in [0.1, 0.15) is 0 Å². The number of alkyl halides is 1. The molecule has 2 aliphatic rings. The Hall–Kier alpha value is -0.490. The molecule has 2 saturated carbocycles. The van der Waals surface area contributed by atoms with Gasteiger partial charge in [0.05, 0.1) is 5.38 Å². The van der Waals surface area contributed by atoms with E-state index in [1.807, 2.05) is 0 Å². The van der Waals surface area contributed by atoms with E-state index in [0.717, 1.165) is 17.8 Å². The summed E-state index contributed by atoms with van der Waals surface area (Å²) in [4.78, 5) is 0. The number of rotatable bonds is 2. The highest BCUT2D eigenvalue weighted by atomic mass is 35.5. The Kier molecular flexibility index (Phi) is 2.94. The van der Waals surface area contributed by atoms with Crippen LogP contribution in [0.25, 0.3) is 0 Å². The van der Waals surface area contributed by atoms with Gasteiger partial charge in [0, 0.05) is 0 Å². The second-order valence-corrected chi connectivity index (χ2v) is 6.42. The van der Waals surface area contributed by atoms with Crippen molar-refractivity contribution in [2.75, 3.05) is 0 Å². The summed E-state index contributed by atoms with van der Waals surface area (Å²) in [6, 6.07) is 6.69. The van der Waals surface area contributed by atoms with Crippen molar-refractivity contribution in [3.63, 3.8) is 0 Å². The Labute approximate surface area is 109 Å². The molecule has 17 heavy (non-hydrogen) atoms. The van der Waals surface area contributed by atoms with Crippen LogP contribution in [0.1, 0.15) is 47.8 Å².